The number of rotatable bonds is 7. The zero-order valence-corrected chi connectivity index (χ0v) is 24.1. The van der Waals surface area contributed by atoms with E-state index < -0.39 is 12.1 Å². The SMILES string of the molecule is C[C@H](N)C(=O)N1CCCC1c1ncc(-c2ccc(-c3ccc(-c4cnc(C5CCCN5C(=O)[C@H](C)N)[nH]4)cc3)cc2)[nH]1. The molecule has 6 rings (SSSR count). The van der Waals surface area contributed by atoms with Crippen LogP contribution in [0.4, 0.5) is 0 Å². The Morgan fingerprint density at radius 3 is 1.40 bits per heavy atom. The molecule has 2 fully saturated rings. The Morgan fingerprint density at radius 1 is 0.690 bits per heavy atom. The third-order valence-corrected chi connectivity index (χ3v) is 8.40. The molecule has 0 spiro atoms. The van der Waals surface area contributed by atoms with E-state index >= 15 is 0 Å². The minimum Gasteiger partial charge on any atom is -0.340 e. The molecule has 218 valence electrons. The van der Waals surface area contributed by atoms with Crippen LogP contribution in [0.3, 0.4) is 0 Å². The summed E-state index contributed by atoms with van der Waals surface area (Å²) in [5, 5.41) is 0. The smallest absolute Gasteiger partial charge is 0.239 e. The number of likely N-dealkylation sites (tertiary alicyclic amines) is 2. The monoisotopic (exact) mass is 566 g/mol. The maximum absolute atomic E-state index is 12.5. The molecule has 6 N–H and O–H groups in total. The highest BCUT2D eigenvalue weighted by molar-refractivity contribution is 5.82. The summed E-state index contributed by atoms with van der Waals surface area (Å²) < 4.78 is 0. The van der Waals surface area contributed by atoms with Crippen LogP contribution in [0.25, 0.3) is 33.6 Å². The van der Waals surface area contributed by atoms with E-state index in [0.717, 1.165) is 71.0 Å². The van der Waals surface area contributed by atoms with Gasteiger partial charge in [-0.1, -0.05) is 48.5 Å². The molecule has 2 aromatic heterocycles. The Bertz CT molecular complexity index is 1440. The first kappa shape index (κ1) is 27.9. The molecule has 42 heavy (non-hydrogen) atoms. The molecule has 2 unspecified atom stereocenters. The van der Waals surface area contributed by atoms with Gasteiger partial charge in [-0.05, 0) is 61.8 Å². The number of H-pyrrole nitrogens is 2. The van der Waals surface area contributed by atoms with Crippen molar-refractivity contribution in [2.45, 2.75) is 63.7 Å². The molecule has 4 aromatic rings. The first-order valence-electron chi connectivity index (χ1n) is 14.7. The average Bonchev–Trinajstić information content (AvgIpc) is 3.82. The second-order valence-electron chi connectivity index (χ2n) is 11.5. The van der Waals surface area contributed by atoms with Gasteiger partial charge < -0.3 is 31.2 Å². The van der Waals surface area contributed by atoms with Crippen LogP contribution in [0.2, 0.25) is 0 Å². The summed E-state index contributed by atoms with van der Waals surface area (Å²) in [6.07, 6.45) is 7.33. The van der Waals surface area contributed by atoms with Gasteiger partial charge in [-0.2, -0.15) is 0 Å². The van der Waals surface area contributed by atoms with Gasteiger partial charge in [0.15, 0.2) is 0 Å². The molecule has 2 aliphatic heterocycles. The van der Waals surface area contributed by atoms with Gasteiger partial charge in [0.1, 0.15) is 11.6 Å². The van der Waals surface area contributed by atoms with Crippen LogP contribution in [0.1, 0.15) is 63.3 Å². The first-order valence-corrected chi connectivity index (χ1v) is 14.7. The van der Waals surface area contributed by atoms with Gasteiger partial charge in [-0.15, -0.1) is 0 Å². The lowest BCUT2D eigenvalue weighted by molar-refractivity contribution is -0.134. The molecule has 10 heteroatoms. The first-order chi connectivity index (χ1) is 20.3. The van der Waals surface area contributed by atoms with Crippen LogP contribution in [-0.2, 0) is 9.59 Å². The summed E-state index contributed by atoms with van der Waals surface area (Å²) >= 11 is 0. The van der Waals surface area contributed by atoms with Crippen LogP contribution in [0.15, 0.2) is 60.9 Å². The van der Waals surface area contributed by atoms with Crippen molar-refractivity contribution in [1.29, 1.82) is 0 Å². The minimum atomic E-state index is -0.515. The maximum Gasteiger partial charge on any atom is 0.239 e. The summed E-state index contributed by atoms with van der Waals surface area (Å²) in [5.41, 5.74) is 17.8. The molecule has 2 aliphatic rings. The fraction of sp³-hybridized carbons (Fsp3) is 0.375. The number of imidazole rings is 2. The van der Waals surface area contributed by atoms with Gasteiger partial charge in [0.25, 0.3) is 0 Å². The van der Waals surface area contributed by atoms with Crippen molar-refractivity contribution in [2.24, 2.45) is 11.5 Å². The summed E-state index contributed by atoms with van der Waals surface area (Å²) in [6, 6.07) is 15.6. The number of nitrogens with one attached hydrogen (secondary N) is 2. The van der Waals surface area contributed by atoms with Gasteiger partial charge in [-0.3, -0.25) is 9.59 Å². The number of carbonyl (C=O) groups excluding carboxylic acids is 2. The minimum absolute atomic E-state index is 0.0343. The van der Waals surface area contributed by atoms with Crippen LogP contribution in [0.5, 0.6) is 0 Å². The molecular weight excluding hydrogens is 528 g/mol. The van der Waals surface area contributed by atoms with Crippen molar-refractivity contribution in [3.05, 3.63) is 72.6 Å². The van der Waals surface area contributed by atoms with Crippen molar-refractivity contribution in [1.82, 2.24) is 29.7 Å². The van der Waals surface area contributed by atoms with Gasteiger partial charge in [-0.25, -0.2) is 9.97 Å². The predicted molar refractivity (Wildman–Crippen MR) is 162 cm³/mol. The Morgan fingerprint density at radius 2 is 1.05 bits per heavy atom. The Balaban J connectivity index is 1.13. The maximum atomic E-state index is 12.5. The molecule has 4 heterocycles. The highest BCUT2D eigenvalue weighted by Crippen LogP contribution is 2.34. The average molecular weight is 567 g/mol. The Kier molecular flexibility index (Phi) is 7.66. The Hall–Kier alpha value is -4.28. The third kappa shape index (κ3) is 5.35. The number of aromatic nitrogens is 4. The van der Waals surface area contributed by atoms with Crippen LogP contribution in [-0.4, -0.2) is 66.7 Å². The summed E-state index contributed by atoms with van der Waals surface area (Å²) in [4.78, 5) is 44.8. The van der Waals surface area contributed by atoms with Crippen LogP contribution >= 0.6 is 0 Å². The second kappa shape index (κ2) is 11.5. The Labute approximate surface area is 245 Å². The highest BCUT2D eigenvalue weighted by atomic mass is 16.2. The molecule has 2 saturated heterocycles. The van der Waals surface area contributed by atoms with E-state index in [1.165, 1.54) is 0 Å². The van der Waals surface area contributed by atoms with E-state index in [2.05, 4.69) is 68.5 Å². The normalized spacial score (nSPS) is 20.2. The molecule has 0 radical (unpaired) electrons. The fourth-order valence-electron chi connectivity index (χ4n) is 6.14. The fourth-order valence-corrected chi connectivity index (χ4v) is 6.14. The largest absolute Gasteiger partial charge is 0.340 e. The third-order valence-electron chi connectivity index (χ3n) is 8.40. The summed E-state index contributed by atoms with van der Waals surface area (Å²) in [5.74, 6) is 1.54. The lowest BCUT2D eigenvalue weighted by Gasteiger charge is -2.24. The van der Waals surface area contributed by atoms with Crippen molar-refractivity contribution in [3.63, 3.8) is 0 Å². The molecule has 0 aliphatic carbocycles. The summed E-state index contributed by atoms with van der Waals surface area (Å²) in [7, 11) is 0. The number of aromatic amines is 2. The van der Waals surface area contributed by atoms with Crippen LogP contribution in [0, 0.1) is 0 Å². The van der Waals surface area contributed by atoms with E-state index in [9.17, 15) is 9.59 Å². The van der Waals surface area contributed by atoms with E-state index in [-0.39, 0.29) is 23.9 Å². The number of carbonyl (C=O) groups is 2. The zero-order valence-electron chi connectivity index (χ0n) is 24.1. The molecular formula is C32H38N8O2. The molecule has 2 amide bonds. The van der Waals surface area contributed by atoms with E-state index in [0.29, 0.717) is 13.1 Å². The molecule has 0 saturated carbocycles. The number of hydrogen-bond donors (Lipinski definition) is 4. The van der Waals surface area contributed by atoms with Gasteiger partial charge >= 0.3 is 0 Å². The standard InChI is InChI=1S/C32H38N8O2/c1-19(33)31(41)39-15-3-5-27(39)29-35-17-25(37-29)23-11-7-21(8-12-23)22-9-13-24(14-10-22)26-18-36-30(38-26)28-6-4-16-40(28)32(42)20(2)34/h7-14,17-20,27-28H,3-6,15-16,33-34H2,1-2H3,(H,35,37)(H,36,38)/t19-,20-,27?,28?/m0/s1. The summed E-state index contributed by atoms with van der Waals surface area (Å²) in [6.45, 7) is 4.88. The topological polar surface area (TPSA) is 150 Å². The van der Waals surface area contributed by atoms with Gasteiger partial charge in [0.05, 0.1) is 47.9 Å². The van der Waals surface area contributed by atoms with Crippen molar-refractivity contribution in [2.75, 3.05) is 13.1 Å². The zero-order chi connectivity index (χ0) is 29.4. The molecule has 2 aromatic carbocycles. The highest BCUT2D eigenvalue weighted by Gasteiger charge is 2.34. The van der Waals surface area contributed by atoms with E-state index in [1.54, 1.807) is 13.8 Å². The van der Waals surface area contributed by atoms with Crippen molar-refractivity contribution in [3.8, 4) is 33.6 Å². The number of nitrogens with zero attached hydrogens (tertiary/aromatic N) is 4. The van der Waals surface area contributed by atoms with E-state index in [1.807, 2.05) is 22.2 Å². The predicted octanol–water partition coefficient (Wildman–Crippen LogP) is 4.16. The lowest BCUT2D eigenvalue weighted by atomic mass is 10.0. The number of hydrogen-bond acceptors (Lipinski definition) is 6. The van der Waals surface area contributed by atoms with Gasteiger partial charge in [0.2, 0.25) is 11.8 Å². The number of nitrogens with two attached hydrogens (primary N) is 2. The molecule has 0 bridgehead atoms. The number of amides is 2. The van der Waals surface area contributed by atoms with Gasteiger partial charge in [0, 0.05) is 13.1 Å². The quantitative estimate of drug-likeness (QED) is 0.264. The molecule has 10 nitrogen and oxygen atoms in total. The van der Waals surface area contributed by atoms with Crippen molar-refractivity contribution < 1.29 is 9.59 Å². The second-order valence-corrected chi connectivity index (χ2v) is 11.5. The molecule has 4 atom stereocenters. The number of benzene rings is 2. The van der Waals surface area contributed by atoms with Crippen LogP contribution < -0.4 is 11.5 Å². The van der Waals surface area contributed by atoms with Crippen molar-refractivity contribution >= 4 is 11.8 Å². The lowest BCUT2D eigenvalue weighted by Crippen LogP contribution is -2.41. The van der Waals surface area contributed by atoms with E-state index in [4.69, 9.17) is 11.5 Å².